The summed E-state index contributed by atoms with van der Waals surface area (Å²) < 4.78 is 6.03. The first kappa shape index (κ1) is 21.5. The Bertz CT molecular complexity index is 788. The van der Waals surface area contributed by atoms with E-state index in [1.807, 2.05) is 30.0 Å². The lowest BCUT2D eigenvalue weighted by Gasteiger charge is -2.28. The van der Waals surface area contributed by atoms with Crippen molar-refractivity contribution in [2.75, 3.05) is 6.54 Å². The van der Waals surface area contributed by atoms with Gasteiger partial charge in [0.2, 0.25) is 0 Å². The zero-order chi connectivity index (χ0) is 18.6. The van der Waals surface area contributed by atoms with Gasteiger partial charge >= 0.3 is 0 Å². The van der Waals surface area contributed by atoms with E-state index in [9.17, 15) is 4.79 Å². The molecule has 1 aromatic carbocycles. The lowest BCUT2D eigenvalue weighted by atomic mass is 10.0. The smallest absolute Gasteiger partial charge is 0.287 e. The maximum absolute atomic E-state index is 13.0. The number of hydrogen-bond donors (Lipinski definition) is 2. The molecule has 1 aliphatic carbocycles. The summed E-state index contributed by atoms with van der Waals surface area (Å²) in [5, 5.41) is 8.46. The van der Waals surface area contributed by atoms with E-state index in [1.165, 1.54) is 32.1 Å². The molecule has 28 heavy (non-hydrogen) atoms. The predicted molar refractivity (Wildman–Crippen MR) is 120 cm³/mol. The number of hydrogen-bond acceptors (Lipinski definition) is 4. The standard InChI is InChI=1S/C22H30N2O2S.ClH/c1-15-13-16(11-12-23-15)24-22(25)21-19(14-27-17-7-3-2-4-8-17)18-9-5-6-10-20(18)26-21;/h5-6,9-10,15-17,23H,2-4,7-8,11-14H2,1H3,(H,24,25);1H. The molecular weight excluding hydrogens is 392 g/mol. The molecule has 0 radical (unpaired) electrons. The van der Waals surface area contributed by atoms with Gasteiger partial charge in [0.15, 0.2) is 5.76 Å². The highest BCUT2D eigenvalue weighted by Gasteiger charge is 2.26. The second-order valence-electron chi connectivity index (χ2n) is 8.03. The van der Waals surface area contributed by atoms with Gasteiger partial charge in [0.25, 0.3) is 5.91 Å². The van der Waals surface area contributed by atoms with Crippen LogP contribution in [-0.4, -0.2) is 29.8 Å². The van der Waals surface area contributed by atoms with E-state index in [2.05, 4.69) is 23.6 Å². The van der Waals surface area contributed by atoms with Gasteiger partial charge in [0, 0.05) is 34.0 Å². The van der Waals surface area contributed by atoms with Crippen LogP contribution in [0.1, 0.15) is 68.0 Å². The normalized spacial score (nSPS) is 23.3. The Hall–Kier alpha value is -1.17. The van der Waals surface area contributed by atoms with Gasteiger partial charge < -0.3 is 15.1 Å². The van der Waals surface area contributed by atoms with E-state index in [0.29, 0.717) is 17.1 Å². The molecule has 2 aromatic rings. The molecule has 2 heterocycles. The van der Waals surface area contributed by atoms with Crippen LogP contribution in [0.5, 0.6) is 0 Å². The van der Waals surface area contributed by atoms with Crippen LogP contribution >= 0.6 is 24.2 Å². The van der Waals surface area contributed by atoms with Crippen LogP contribution in [0.25, 0.3) is 11.0 Å². The number of carbonyl (C=O) groups excluding carboxylic acids is 1. The SMILES string of the molecule is CC1CC(NC(=O)c2oc3ccccc3c2CSC2CCCCC2)CCN1.Cl. The summed E-state index contributed by atoms with van der Waals surface area (Å²) in [6.07, 6.45) is 8.59. The molecule has 4 nitrogen and oxygen atoms in total. The van der Waals surface area contributed by atoms with Gasteiger partial charge in [-0.1, -0.05) is 37.5 Å². The Morgan fingerprint density at radius 2 is 2.00 bits per heavy atom. The van der Waals surface area contributed by atoms with Gasteiger partial charge in [-0.2, -0.15) is 11.8 Å². The molecule has 1 aliphatic heterocycles. The van der Waals surface area contributed by atoms with Crippen LogP contribution in [0.4, 0.5) is 0 Å². The monoisotopic (exact) mass is 422 g/mol. The molecule has 4 rings (SSSR count). The number of carbonyl (C=O) groups is 1. The number of fused-ring (bicyclic) bond motifs is 1. The van der Waals surface area contributed by atoms with E-state index in [0.717, 1.165) is 41.7 Å². The van der Waals surface area contributed by atoms with Crippen molar-refractivity contribution < 1.29 is 9.21 Å². The number of furan rings is 1. The Morgan fingerprint density at radius 3 is 2.79 bits per heavy atom. The minimum Gasteiger partial charge on any atom is -0.451 e. The van der Waals surface area contributed by atoms with Crippen LogP contribution < -0.4 is 10.6 Å². The van der Waals surface area contributed by atoms with E-state index in [-0.39, 0.29) is 24.4 Å². The maximum Gasteiger partial charge on any atom is 0.287 e. The van der Waals surface area contributed by atoms with Gasteiger partial charge in [-0.25, -0.2) is 0 Å². The zero-order valence-corrected chi connectivity index (χ0v) is 18.2. The Labute approximate surface area is 178 Å². The van der Waals surface area contributed by atoms with Crippen LogP contribution in [0.3, 0.4) is 0 Å². The van der Waals surface area contributed by atoms with Crippen LogP contribution in [0.15, 0.2) is 28.7 Å². The molecule has 2 unspecified atom stereocenters. The number of thioether (sulfide) groups is 1. The Kier molecular flexibility index (Phi) is 7.72. The summed E-state index contributed by atoms with van der Waals surface area (Å²) >= 11 is 2.00. The Morgan fingerprint density at radius 1 is 1.21 bits per heavy atom. The average molecular weight is 423 g/mol. The summed E-state index contributed by atoms with van der Waals surface area (Å²) in [6, 6.07) is 8.72. The summed E-state index contributed by atoms with van der Waals surface area (Å²) in [7, 11) is 0. The Balaban J connectivity index is 0.00000225. The van der Waals surface area contributed by atoms with Gasteiger partial charge in [0.05, 0.1) is 0 Å². The van der Waals surface area contributed by atoms with Crippen molar-refractivity contribution in [1.29, 1.82) is 0 Å². The fourth-order valence-electron chi connectivity index (χ4n) is 4.37. The lowest BCUT2D eigenvalue weighted by molar-refractivity contribution is 0.0898. The third-order valence-electron chi connectivity index (χ3n) is 5.88. The zero-order valence-electron chi connectivity index (χ0n) is 16.5. The first-order valence-electron chi connectivity index (χ1n) is 10.4. The molecule has 2 aliphatic rings. The van der Waals surface area contributed by atoms with Crippen LogP contribution in [-0.2, 0) is 5.75 Å². The second-order valence-corrected chi connectivity index (χ2v) is 9.32. The largest absolute Gasteiger partial charge is 0.451 e. The molecule has 6 heteroatoms. The van der Waals surface area contributed by atoms with Gasteiger partial charge in [-0.3, -0.25) is 4.79 Å². The van der Waals surface area contributed by atoms with Gasteiger partial charge in [-0.15, -0.1) is 12.4 Å². The highest BCUT2D eigenvalue weighted by molar-refractivity contribution is 7.99. The summed E-state index contributed by atoms with van der Waals surface area (Å²) in [5.74, 6) is 1.32. The molecule has 2 fully saturated rings. The maximum atomic E-state index is 13.0. The number of benzene rings is 1. The van der Waals surface area contributed by atoms with Crippen molar-refractivity contribution in [3.63, 3.8) is 0 Å². The molecule has 0 spiro atoms. The van der Waals surface area contributed by atoms with Crippen LogP contribution in [0.2, 0.25) is 0 Å². The van der Waals surface area contributed by atoms with Gasteiger partial charge in [-0.05, 0) is 45.2 Å². The number of nitrogens with one attached hydrogen (secondary N) is 2. The highest BCUT2D eigenvalue weighted by atomic mass is 35.5. The van der Waals surface area contributed by atoms with Crippen molar-refractivity contribution in [3.05, 3.63) is 35.6 Å². The van der Waals surface area contributed by atoms with Crippen molar-refractivity contribution >= 4 is 41.0 Å². The van der Waals surface area contributed by atoms with Crippen molar-refractivity contribution in [2.24, 2.45) is 0 Å². The van der Waals surface area contributed by atoms with E-state index in [4.69, 9.17) is 4.42 Å². The van der Waals surface area contributed by atoms with Gasteiger partial charge in [0.1, 0.15) is 5.58 Å². The minimum absolute atomic E-state index is 0. The minimum atomic E-state index is -0.0513. The third-order valence-corrected chi connectivity index (χ3v) is 7.28. The average Bonchev–Trinajstić information content (AvgIpc) is 3.06. The van der Waals surface area contributed by atoms with E-state index < -0.39 is 0 Å². The number of para-hydroxylation sites is 1. The fourth-order valence-corrected chi connectivity index (χ4v) is 5.73. The molecule has 1 amide bonds. The summed E-state index contributed by atoms with van der Waals surface area (Å²) in [5.41, 5.74) is 1.89. The molecule has 1 saturated heterocycles. The topological polar surface area (TPSA) is 54.3 Å². The number of rotatable bonds is 5. The summed E-state index contributed by atoms with van der Waals surface area (Å²) in [6.45, 7) is 3.13. The molecule has 0 bridgehead atoms. The highest BCUT2D eigenvalue weighted by Crippen LogP contribution is 2.35. The molecule has 154 valence electrons. The van der Waals surface area contributed by atoms with Crippen molar-refractivity contribution in [1.82, 2.24) is 10.6 Å². The van der Waals surface area contributed by atoms with Crippen molar-refractivity contribution in [3.8, 4) is 0 Å². The van der Waals surface area contributed by atoms with Crippen molar-refractivity contribution in [2.45, 2.75) is 75.0 Å². The molecule has 2 atom stereocenters. The number of piperidine rings is 1. The molecular formula is C22H31ClN2O2S. The molecule has 1 aromatic heterocycles. The summed E-state index contributed by atoms with van der Waals surface area (Å²) in [4.78, 5) is 13.0. The van der Waals surface area contributed by atoms with Crippen LogP contribution in [0, 0.1) is 0 Å². The third kappa shape index (κ3) is 5.05. The first-order chi connectivity index (χ1) is 13.2. The number of halogens is 1. The lowest BCUT2D eigenvalue weighted by Crippen LogP contribution is -2.46. The fraction of sp³-hybridized carbons (Fsp3) is 0.591. The van der Waals surface area contributed by atoms with E-state index in [1.54, 1.807) is 0 Å². The quantitative estimate of drug-likeness (QED) is 0.687. The second kappa shape index (κ2) is 10.0. The first-order valence-corrected chi connectivity index (χ1v) is 11.4. The predicted octanol–water partition coefficient (Wildman–Crippen LogP) is 5.29. The number of amides is 1. The molecule has 1 saturated carbocycles. The van der Waals surface area contributed by atoms with E-state index >= 15 is 0 Å². The molecule has 2 N–H and O–H groups in total.